The van der Waals surface area contributed by atoms with Crippen molar-refractivity contribution in [2.24, 2.45) is 5.92 Å². The van der Waals surface area contributed by atoms with Crippen LogP contribution in [0.4, 0.5) is 0 Å². The number of aliphatic hydroxyl groups is 1. The zero-order chi connectivity index (χ0) is 18.9. The van der Waals surface area contributed by atoms with Crippen molar-refractivity contribution in [3.8, 4) is 0 Å². The zero-order valence-electron chi connectivity index (χ0n) is 16.5. The third kappa shape index (κ3) is 6.46. The Bertz CT molecular complexity index is 638. The van der Waals surface area contributed by atoms with Crippen molar-refractivity contribution in [2.45, 2.75) is 44.8 Å². The molecule has 3 heteroatoms. The predicted molar refractivity (Wildman–Crippen MR) is 111 cm³/mol. The molecule has 0 bridgehead atoms. The second-order valence-electron chi connectivity index (χ2n) is 7.73. The average molecular weight is 368 g/mol. The summed E-state index contributed by atoms with van der Waals surface area (Å²) in [5.74, 6) is 0.764. The summed E-state index contributed by atoms with van der Waals surface area (Å²) in [7, 11) is 0. The Morgan fingerprint density at radius 3 is 2.26 bits per heavy atom. The molecule has 0 radical (unpaired) electrons. The summed E-state index contributed by atoms with van der Waals surface area (Å²) in [5, 5.41) is 10.4. The molecule has 1 fully saturated rings. The molecule has 0 spiro atoms. The number of ether oxygens (including phenoxy) is 1. The first kappa shape index (κ1) is 20.1. The standard InChI is InChI=1S/C24H33NO2/c1-2-24(22-11-7-4-8-12-22)27-19-23(26)18-25-15-13-21(14-16-25)17-20-9-5-3-6-10-20/h3-12,21,23-24,26H,2,13-19H2,1H3. The largest absolute Gasteiger partial charge is 0.389 e. The van der Waals surface area contributed by atoms with Crippen LogP contribution in [-0.4, -0.2) is 42.4 Å². The molecule has 146 valence electrons. The van der Waals surface area contributed by atoms with Gasteiger partial charge in [0.25, 0.3) is 0 Å². The van der Waals surface area contributed by atoms with Gasteiger partial charge in [-0.25, -0.2) is 0 Å². The minimum absolute atomic E-state index is 0.0671. The minimum Gasteiger partial charge on any atom is -0.389 e. The van der Waals surface area contributed by atoms with Gasteiger partial charge in [-0.1, -0.05) is 67.6 Å². The van der Waals surface area contributed by atoms with Crippen LogP contribution in [0.25, 0.3) is 0 Å². The van der Waals surface area contributed by atoms with Gasteiger partial charge in [-0.05, 0) is 55.8 Å². The fraction of sp³-hybridized carbons (Fsp3) is 0.500. The van der Waals surface area contributed by atoms with E-state index in [4.69, 9.17) is 4.74 Å². The van der Waals surface area contributed by atoms with Crippen LogP contribution in [0.5, 0.6) is 0 Å². The monoisotopic (exact) mass is 367 g/mol. The molecule has 1 heterocycles. The number of benzene rings is 2. The van der Waals surface area contributed by atoms with Gasteiger partial charge in [-0.2, -0.15) is 0 Å². The molecular weight excluding hydrogens is 334 g/mol. The number of β-amino-alcohol motifs (C(OH)–C–C–N with tert-alkyl or cyclic N) is 1. The highest BCUT2D eigenvalue weighted by molar-refractivity contribution is 5.17. The van der Waals surface area contributed by atoms with E-state index >= 15 is 0 Å². The van der Waals surface area contributed by atoms with E-state index in [-0.39, 0.29) is 6.10 Å². The Morgan fingerprint density at radius 1 is 1.00 bits per heavy atom. The van der Waals surface area contributed by atoms with Gasteiger partial charge in [0.05, 0.1) is 18.8 Å². The van der Waals surface area contributed by atoms with Gasteiger partial charge in [-0.15, -0.1) is 0 Å². The minimum atomic E-state index is -0.423. The molecule has 2 aromatic carbocycles. The molecule has 0 aliphatic carbocycles. The van der Waals surface area contributed by atoms with E-state index in [0.717, 1.165) is 25.4 Å². The third-order valence-corrected chi connectivity index (χ3v) is 5.58. The second kappa shape index (κ2) is 10.6. The first-order valence-electron chi connectivity index (χ1n) is 10.4. The summed E-state index contributed by atoms with van der Waals surface area (Å²) in [6.45, 7) is 5.39. The lowest BCUT2D eigenvalue weighted by atomic mass is 9.90. The first-order valence-corrected chi connectivity index (χ1v) is 10.4. The Morgan fingerprint density at radius 2 is 1.63 bits per heavy atom. The van der Waals surface area contributed by atoms with Crippen LogP contribution < -0.4 is 0 Å². The maximum Gasteiger partial charge on any atom is 0.0900 e. The highest BCUT2D eigenvalue weighted by atomic mass is 16.5. The number of hydrogen-bond donors (Lipinski definition) is 1. The van der Waals surface area contributed by atoms with Gasteiger partial charge < -0.3 is 14.7 Å². The molecule has 1 N–H and O–H groups in total. The van der Waals surface area contributed by atoms with Crippen molar-refractivity contribution >= 4 is 0 Å². The number of piperidine rings is 1. The number of hydrogen-bond acceptors (Lipinski definition) is 3. The van der Waals surface area contributed by atoms with Crippen LogP contribution in [0.15, 0.2) is 60.7 Å². The maximum atomic E-state index is 10.4. The smallest absolute Gasteiger partial charge is 0.0900 e. The van der Waals surface area contributed by atoms with Crippen LogP contribution in [0.1, 0.15) is 43.4 Å². The van der Waals surface area contributed by atoms with E-state index in [9.17, 15) is 5.11 Å². The molecule has 0 saturated carbocycles. The Balaban J connectivity index is 1.37. The fourth-order valence-electron chi connectivity index (χ4n) is 4.02. The second-order valence-corrected chi connectivity index (χ2v) is 7.73. The van der Waals surface area contributed by atoms with E-state index in [2.05, 4.69) is 54.3 Å². The highest BCUT2D eigenvalue weighted by Crippen LogP contribution is 2.23. The quantitative estimate of drug-likeness (QED) is 0.710. The van der Waals surface area contributed by atoms with Crippen LogP contribution in [0.2, 0.25) is 0 Å². The number of nitrogens with zero attached hydrogens (tertiary/aromatic N) is 1. The van der Waals surface area contributed by atoms with E-state index in [1.807, 2.05) is 18.2 Å². The van der Waals surface area contributed by atoms with Crippen molar-refractivity contribution in [3.63, 3.8) is 0 Å². The molecule has 0 aromatic heterocycles. The summed E-state index contributed by atoms with van der Waals surface area (Å²) < 4.78 is 6.00. The van der Waals surface area contributed by atoms with Gasteiger partial charge in [0.15, 0.2) is 0 Å². The van der Waals surface area contributed by atoms with Crippen LogP contribution in [-0.2, 0) is 11.2 Å². The van der Waals surface area contributed by atoms with Gasteiger partial charge in [-0.3, -0.25) is 0 Å². The third-order valence-electron chi connectivity index (χ3n) is 5.58. The van der Waals surface area contributed by atoms with Crippen molar-refractivity contribution in [1.82, 2.24) is 4.90 Å². The van der Waals surface area contributed by atoms with Crippen LogP contribution in [0.3, 0.4) is 0 Å². The van der Waals surface area contributed by atoms with Gasteiger partial charge in [0.1, 0.15) is 0 Å². The topological polar surface area (TPSA) is 32.7 Å². The Hall–Kier alpha value is -1.68. The molecule has 1 aliphatic heterocycles. The first-order chi connectivity index (χ1) is 13.2. The molecule has 2 atom stereocenters. The number of rotatable bonds is 9. The summed E-state index contributed by atoms with van der Waals surface area (Å²) in [6.07, 6.45) is 4.16. The van der Waals surface area contributed by atoms with Gasteiger partial charge in [0.2, 0.25) is 0 Å². The van der Waals surface area contributed by atoms with E-state index in [1.54, 1.807) is 0 Å². The molecule has 0 amide bonds. The summed E-state index contributed by atoms with van der Waals surface area (Å²) in [6, 6.07) is 21.1. The van der Waals surface area contributed by atoms with E-state index in [0.29, 0.717) is 13.2 Å². The molecule has 27 heavy (non-hydrogen) atoms. The zero-order valence-corrected chi connectivity index (χ0v) is 16.5. The van der Waals surface area contributed by atoms with E-state index < -0.39 is 6.10 Å². The van der Waals surface area contributed by atoms with Crippen LogP contribution in [0, 0.1) is 5.92 Å². The van der Waals surface area contributed by atoms with Crippen molar-refractivity contribution < 1.29 is 9.84 Å². The summed E-state index contributed by atoms with van der Waals surface area (Å²) in [4.78, 5) is 2.39. The number of aliphatic hydroxyl groups excluding tert-OH is 1. The molecule has 2 unspecified atom stereocenters. The molecule has 1 saturated heterocycles. The maximum absolute atomic E-state index is 10.4. The predicted octanol–water partition coefficient (Wildman–Crippen LogP) is 4.47. The molecule has 1 aliphatic rings. The fourth-order valence-corrected chi connectivity index (χ4v) is 4.02. The summed E-state index contributed by atoms with van der Waals surface area (Å²) >= 11 is 0. The Kier molecular flexibility index (Phi) is 7.88. The number of likely N-dealkylation sites (tertiary alicyclic amines) is 1. The van der Waals surface area contributed by atoms with Crippen LogP contribution >= 0.6 is 0 Å². The van der Waals surface area contributed by atoms with Gasteiger partial charge >= 0.3 is 0 Å². The normalized spacial score (nSPS) is 18.3. The molecule has 3 nitrogen and oxygen atoms in total. The average Bonchev–Trinajstić information content (AvgIpc) is 2.71. The lowest BCUT2D eigenvalue weighted by Gasteiger charge is -2.33. The van der Waals surface area contributed by atoms with Crippen molar-refractivity contribution in [2.75, 3.05) is 26.2 Å². The lowest BCUT2D eigenvalue weighted by molar-refractivity contribution is -0.0266. The Labute approximate surface area is 164 Å². The van der Waals surface area contributed by atoms with Gasteiger partial charge in [0, 0.05) is 6.54 Å². The van der Waals surface area contributed by atoms with Crippen molar-refractivity contribution in [1.29, 1.82) is 0 Å². The molecular formula is C24H33NO2. The highest BCUT2D eigenvalue weighted by Gasteiger charge is 2.22. The lowest BCUT2D eigenvalue weighted by Crippen LogP contribution is -2.40. The van der Waals surface area contributed by atoms with Crippen molar-refractivity contribution in [3.05, 3.63) is 71.8 Å². The summed E-state index contributed by atoms with van der Waals surface area (Å²) in [5.41, 5.74) is 2.63. The molecule has 3 rings (SSSR count). The van der Waals surface area contributed by atoms with E-state index in [1.165, 1.54) is 30.4 Å². The molecule has 2 aromatic rings. The SMILES string of the molecule is CCC(OCC(O)CN1CCC(Cc2ccccc2)CC1)c1ccccc1.